The van der Waals surface area contributed by atoms with Crippen LogP contribution in [-0.4, -0.2) is 0 Å². The lowest BCUT2D eigenvalue weighted by atomic mass is 9.77. The van der Waals surface area contributed by atoms with Crippen molar-refractivity contribution in [2.24, 2.45) is 0 Å². The predicted octanol–water partition coefficient (Wildman–Crippen LogP) is 14.4. The summed E-state index contributed by atoms with van der Waals surface area (Å²) in [6.45, 7) is 4.79. The third-order valence-corrected chi connectivity index (χ3v) is 11.6. The molecule has 0 fully saturated rings. The SMILES string of the molecule is CC1(C)c2ccc3ccccc3c2-c2cc3oc4ccccc4c3c(-c3ccc(-c4c5ccccc5c(-c5ccccc5)c5ccccc45)cc3)c21. The number of hydrogen-bond acceptors (Lipinski definition) is 1. The predicted molar refractivity (Wildman–Crippen MR) is 220 cm³/mol. The Kier molecular flexibility index (Phi) is 6.08. The highest BCUT2D eigenvalue weighted by molar-refractivity contribution is 6.22. The lowest BCUT2D eigenvalue weighted by Crippen LogP contribution is -2.16. The molecule has 0 saturated carbocycles. The molecule has 0 spiro atoms. The van der Waals surface area contributed by atoms with Crippen molar-refractivity contribution in [3.8, 4) is 44.5 Å². The van der Waals surface area contributed by atoms with Gasteiger partial charge in [-0.2, -0.15) is 0 Å². The first kappa shape index (κ1) is 29.3. The summed E-state index contributed by atoms with van der Waals surface area (Å²) in [6, 6.07) is 62.2. The molecule has 9 aromatic carbocycles. The third kappa shape index (κ3) is 3.99. The fourth-order valence-electron chi connectivity index (χ4n) is 9.40. The average molecular weight is 663 g/mol. The number of fused-ring (bicyclic) bond motifs is 10. The molecule has 1 aliphatic rings. The molecule has 0 unspecified atom stereocenters. The highest BCUT2D eigenvalue weighted by Gasteiger charge is 2.40. The Bertz CT molecular complexity index is 3010. The van der Waals surface area contributed by atoms with Crippen LogP contribution in [-0.2, 0) is 5.41 Å². The van der Waals surface area contributed by atoms with Crippen LogP contribution in [0.2, 0.25) is 0 Å². The molecule has 52 heavy (non-hydrogen) atoms. The first-order chi connectivity index (χ1) is 25.6. The molecule has 0 N–H and O–H groups in total. The molecule has 10 aromatic rings. The van der Waals surface area contributed by atoms with Crippen LogP contribution in [0.15, 0.2) is 174 Å². The smallest absolute Gasteiger partial charge is 0.136 e. The maximum Gasteiger partial charge on any atom is 0.136 e. The Morgan fingerprint density at radius 3 is 1.52 bits per heavy atom. The van der Waals surface area contributed by atoms with Crippen LogP contribution >= 0.6 is 0 Å². The van der Waals surface area contributed by atoms with Crippen molar-refractivity contribution >= 4 is 54.3 Å². The van der Waals surface area contributed by atoms with E-state index in [2.05, 4.69) is 184 Å². The molecule has 11 rings (SSSR count). The Morgan fingerprint density at radius 2 is 0.885 bits per heavy atom. The van der Waals surface area contributed by atoms with Crippen molar-refractivity contribution in [1.29, 1.82) is 0 Å². The summed E-state index contributed by atoms with van der Waals surface area (Å²) >= 11 is 0. The van der Waals surface area contributed by atoms with E-state index in [9.17, 15) is 0 Å². The number of furan rings is 1. The zero-order chi connectivity index (χ0) is 34.6. The minimum Gasteiger partial charge on any atom is -0.456 e. The molecule has 0 saturated heterocycles. The molecule has 1 heteroatoms. The number of rotatable bonds is 3. The molecular weight excluding hydrogens is 629 g/mol. The van der Waals surface area contributed by atoms with Gasteiger partial charge in [0.25, 0.3) is 0 Å². The maximum absolute atomic E-state index is 6.67. The summed E-state index contributed by atoms with van der Waals surface area (Å²) in [6.07, 6.45) is 0. The highest BCUT2D eigenvalue weighted by atomic mass is 16.3. The maximum atomic E-state index is 6.67. The van der Waals surface area contributed by atoms with Crippen LogP contribution in [0.5, 0.6) is 0 Å². The van der Waals surface area contributed by atoms with Crippen molar-refractivity contribution < 1.29 is 4.42 Å². The van der Waals surface area contributed by atoms with E-state index in [-0.39, 0.29) is 5.41 Å². The quantitative estimate of drug-likeness (QED) is 0.172. The number of para-hydroxylation sites is 1. The van der Waals surface area contributed by atoms with Crippen LogP contribution < -0.4 is 0 Å². The molecule has 0 amide bonds. The van der Waals surface area contributed by atoms with Crippen LogP contribution in [0.1, 0.15) is 25.0 Å². The van der Waals surface area contributed by atoms with Gasteiger partial charge >= 0.3 is 0 Å². The van der Waals surface area contributed by atoms with E-state index in [0.717, 1.165) is 16.6 Å². The molecule has 1 aromatic heterocycles. The van der Waals surface area contributed by atoms with E-state index in [1.807, 2.05) is 0 Å². The summed E-state index contributed by atoms with van der Waals surface area (Å²) < 4.78 is 6.67. The van der Waals surface area contributed by atoms with E-state index < -0.39 is 0 Å². The first-order valence-electron chi connectivity index (χ1n) is 18.2. The topological polar surface area (TPSA) is 13.1 Å². The van der Waals surface area contributed by atoms with Gasteiger partial charge in [0.15, 0.2) is 0 Å². The second-order valence-corrected chi connectivity index (χ2v) is 14.8. The van der Waals surface area contributed by atoms with E-state index in [1.165, 1.54) is 93.3 Å². The fourth-order valence-corrected chi connectivity index (χ4v) is 9.40. The molecule has 1 aliphatic carbocycles. The van der Waals surface area contributed by atoms with Crippen molar-refractivity contribution in [3.05, 3.63) is 181 Å². The minimum absolute atomic E-state index is 0.213. The molecule has 244 valence electrons. The molecule has 0 radical (unpaired) electrons. The normalized spacial score (nSPS) is 13.3. The Labute approximate surface area is 302 Å². The van der Waals surface area contributed by atoms with Gasteiger partial charge in [0.1, 0.15) is 11.2 Å². The Balaban J connectivity index is 1.19. The zero-order valence-electron chi connectivity index (χ0n) is 29.1. The van der Waals surface area contributed by atoms with Crippen molar-refractivity contribution in [2.45, 2.75) is 19.3 Å². The number of hydrogen-bond donors (Lipinski definition) is 0. The van der Waals surface area contributed by atoms with Crippen molar-refractivity contribution in [2.75, 3.05) is 0 Å². The molecule has 0 aliphatic heterocycles. The van der Waals surface area contributed by atoms with Gasteiger partial charge in [-0.1, -0.05) is 172 Å². The van der Waals surface area contributed by atoms with E-state index in [1.54, 1.807) is 0 Å². The molecule has 1 nitrogen and oxygen atoms in total. The van der Waals surface area contributed by atoms with Gasteiger partial charge in [-0.3, -0.25) is 0 Å². The second kappa shape index (κ2) is 10.8. The van der Waals surface area contributed by atoms with Gasteiger partial charge in [-0.25, -0.2) is 0 Å². The summed E-state index contributed by atoms with van der Waals surface area (Å²) in [5.74, 6) is 0. The molecule has 0 atom stereocenters. The van der Waals surface area contributed by atoms with Gasteiger partial charge < -0.3 is 4.42 Å². The van der Waals surface area contributed by atoms with Gasteiger partial charge in [-0.05, 0) is 100 Å². The van der Waals surface area contributed by atoms with Crippen molar-refractivity contribution in [3.63, 3.8) is 0 Å². The summed E-state index contributed by atoms with van der Waals surface area (Å²) in [4.78, 5) is 0. The zero-order valence-corrected chi connectivity index (χ0v) is 29.1. The third-order valence-electron chi connectivity index (χ3n) is 11.6. The monoisotopic (exact) mass is 662 g/mol. The largest absolute Gasteiger partial charge is 0.456 e. The van der Waals surface area contributed by atoms with Crippen LogP contribution in [0.3, 0.4) is 0 Å². The Morgan fingerprint density at radius 1 is 0.385 bits per heavy atom. The lowest BCUT2D eigenvalue weighted by molar-refractivity contribution is 0.659. The average Bonchev–Trinajstić information content (AvgIpc) is 3.68. The van der Waals surface area contributed by atoms with Gasteiger partial charge in [0, 0.05) is 16.2 Å². The van der Waals surface area contributed by atoms with Gasteiger partial charge in [0.05, 0.1) is 0 Å². The van der Waals surface area contributed by atoms with Crippen LogP contribution in [0, 0.1) is 0 Å². The number of benzene rings is 9. The summed E-state index contributed by atoms with van der Waals surface area (Å²) in [5, 5.41) is 9.97. The first-order valence-corrected chi connectivity index (χ1v) is 18.2. The molecule has 0 bridgehead atoms. The molecule has 1 heterocycles. The van der Waals surface area contributed by atoms with Crippen molar-refractivity contribution in [1.82, 2.24) is 0 Å². The minimum atomic E-state index is -0.213. The van der Waals surface area contributed by atoms with Crippen LogP contribution in [0.4, 0.5) is 0 Å². The van der Waals surface area contributed by atoms with Gasteiger partial charge in [-0.15, -0.1) is 0 Å². The summed E-state index contributed by atoms with van der Waals surface area (Å²) in [5.41, 5.74) is 14.5. The fraction of sp³-hybridized carbons (Fsp3) is 0.0588. The van der Waals surface area contributed by atoms with E-state index >= 15 is 0 Å². The Hall–Kier alpha value is -6.44. The van der Waals surface area contributed by atoms with E-state index in [0.29, 0.717) is 0 Å². The van der Waals surface area contributed by atoms with E-state index in [4.69, 9.17) is 4.42 Å². The second-order valence-electron chi connectivity index (χ2n) is 14.8. The standard InChI is InChI=1S/C51H34O/c1-51(2)42-29-28-31-14-6-7-17-35(31)48(42)41-30-44-49(40-22-12-13-23-43(40)52-44)47(50(41)51)34-26-24-33(25-27-34)46-38-20-10-8-18-36(38)45(32-15-4-3-5-16-32)37-19-9-11-21-39(37)46/h3-30H,1-2H3. The lowest BCUT2D eigenvalue weighted by Gasteiger charge is -2.25. The molecular formula is C51H34O. The highest BCUT2D eigenvalue weighted by Crippen LogP contribution is 2.57. The van der Waals surface area contributed by atoms with Gasteiger partial charge in [0.2, 0.25) is 0 Å². The van der Waals surface area contributed by atoms with Crippen LogP contribution in [0.25, 0.3) is 98.8 Å². The summed E-state index contributed by atoms with van der Waals surface area (Å²) in [7, 11) is 0.